The molecule has 0 atom stereocenters. The summed E-state index contributed by atoms with van der Waals surface area (Å²) < 4.78 is 15.4. The summed E-state index contributed by atoms with van der Waals surface area (Å²) in [4.78, 5) is 27.2. The molecular formula is C17H28N4O5. The normalized spacial score (nSPS) is 11.7. The highest BCUT2D eigenvalue weighted by Gasteiger charge is 2.16. The van der Waals surface area contributed by atoms with Gasteiger partial charge in [-0.3, -0.25) is 4.99 Å². The number of alkyl carbamates (subject to hydrolysis) is 1. The van der Waals surface area contributed by atoms with Crippen LogP contribution in [0.25, 0.3) is 0 Å². The number of nitrogens with zero attached hydrogens (tertiary/aromatic N) is 1. The van der Waals surface area contributed by atoms with Gasteiger partial charge < -0.3 is 29.8 Å². The molecule has 146 valence electrons. The van der Waals surface area contributed by atoms with Crippen molar-refractivity contribution >= 4 is 18.0 Å². The number of ether oxygens (including phenoxy) is 2. The molecular weight excluding hydrogens is 340 g/mol. The zero-order valence-electron chi connectivity index (χ0n) is 16.2. The van der Waals surface area contributed by atoms with Crippen molar-refractivity contribution in [3.05, 3.63) is 23.2 Å². The van der Waals surface area contributed by atoms with Gasteiger partial charge in [-0.1, -0.05) is 0 Å². The topological polar surface area (TPSA) is 114 Å². The van der Waals surface area contributed by atoms with Crippen molar-refractivity contribution in [2.24, 2.45) is 4.99 Å². The van der Waals surface area contributed by atoms with E-state index < -0.39 is 17.7 Å². The van der Waals surface area contributed by atoms with Crippen LogP contribution in [-0.2, 0) is 16.0 Å². The quantitative estimate of drug-likeness (QED) is 0.302. The van der Waals surface area contributed by atoms with Gasteiger partial charge in [0.05, 0.1) is 13.7 Å². The van der Waals surface area contributed by atoms with Crippen molar-refractivity contribution in [2.75, 3.05) is 27.2 Å². The number of aliphatic imine (C=N–C) groups is 1. The fourth-order valence-corrected chi connectivity index (χ4v) is 1.99. The molecule has 1 aromatic heterocycles. The Kier molecular flexibility index (Phi) is 7.95. The zero-order valence-corrected chi connectivity index (χ0v) is 16.2. The van der Waals surface area contributed by atoms with Crippen LogP contribution in [0.3, 0.4) is 0 Å². The maximum absolute atomic E-state index is 11.6. The number of furan rings is 1. The van der Waals surface area contributed by atoms with Gasteiger partial charge in [0.1, 0.15) is 22.7 Å². The van der Waals surface area contributed by atoms with Gasteiger partial charge in [-0.2, -0.15) is 0 Å². The van der Waals surface area contributed by atoms with Crippen molar-refractivity contribution in [1.82, 2.24) is 16.0 Å². The Balaban J connectivity index is 2.38. The predicted molar refractivity (Wildman–Crippen MR) is 97.2 cm³/mol. The van der Waals surface area contributed by atoms with E-state index in [0.29, 0.717) is 42.7 Å². The monoisotopic (exact) mass is 368 g/mol. The number of aryl methyl sites for hydroxylation is 1. The van der Waals surface area contributed by atoms with Crippen molar-refractivity contribution in [2.45, 2.75) is 39.8 Å². The Hall–Kier alpha value is -2.71. The fourth-order valence-electron chi connectivity index (χ4n) is 1.99. The Morgan fingerprint density at radius 3 is 2.42 bits per heavy atom. The van der Waals surface area contributed by atoms with Crippen molar-refractivity contribution in [3.8, 4) is 0 Å². The largest absolute Gasteiger partial charge is 0.465 e. The molecule has 0 aliphatic carbocycles. The van der Waals surface area contributed by atoms with E-state index in [4.69, 9.17) is 13.9 Å². The highest BCUT2D eigenvalue weighted by molar-refractivity contribution is 5.90. The minimum absolute atomic E-state index is 0.344. The van der Waals surface area contributed by atoms with Gasteiger partial charge in [0, 0.05) is 20.1 Å². The van der Waals surface area contributed by atoms with E-state index in [1.807, 2.05) is 0 Å². The van der Waals surface area contributed by atoms with E-state index in [9.17, 15) is 9.59 Å². The van der Waals surface area contributed by atoms with E-state index in [1.54, 1.807) is 40.8 Å². The SMILES string of the molecule is CN=C(NCCNC(=O)OC(C)(C)C)NCc1cc(C(=O)OC)c(C)o1. The van der Waals surface area contributed by atoms with Gasteiger partial charge in [0.2, 0.25) is 0 Å². The summed E-state index contributed by atoms with van der Waals surface area (Å²) in [6, 6.07) is 1.63. The number of esters is 1. The molecule has 1 rings (SSSR count). The number of carbonyl (C=O) groups excluding carboxylic acids is 2. The molecule has 9 nitrogen and oxygen atoms in total. The van der Waals surface area contributed by atoms with Crippen molar-refractivity contribution < 1.29 is 23.5 Å². The summed E-state index contributed by atoms with van der Waals surface area (Å²) in [6.45, 7) is 8.29. The Bertz CT molecular complexity index is 646. The minimum Gasteiger partial charge on any atom is -0.465 e. The highest BCUT2D eigenvalue weighted by Crippen LogP contribution is 2.15. The fraction of sp³-hybridized carbons (Fsp3) is 0.588. The standard InChI is InChI=1S/C17H28N4O5/c1-11-13(14(22)24-6)9-12(25-11)10-21-15(18-5)19-7-8-20-16(23)26-17(2,3)4/h9H,7-8,10H2,1-6H3,(H,20,23)(H2,18,19,21). The van der Waals surface area contributed by atoms with Gasteiger partial charge in [-0.25, -0.2) is 9.59 Å². The lowest BCUT2D eigenvalue weighted by atomic mass is 10.2. The number of nitrogens with one attached hydrogen (secondary N) is 3. The maximum atomic E-state index is 11.6. The first kappa shape index (κ1) is 21.3. The Labute approximate surface area is 153 Å². The van der Waals surface area contributed by atoms with Crippen LogP contribution >= 0.6 is 0 Å². The van der Waals surface area contributed by atoms with E-state index in [1.165, 1.54) is 7.11 Å². The number of hydrogen-bond donors (Lipinski definition) is 3. The lowest BCUT2D eigenvalue weighted by Gasteiger charge is -2.19. The molecule has 0 spiro atoms. The molecule has 0 aliphatic heterocycles. The number of carbonyl (C=O) groups is 2. The average Bonchev–Trinajstić information content (AvgIpc) is 2.92. The molecule has 0 fully saturated rings. The molecule has 1 heterocycles. The number of methoxy groups -OCH3 is 1. The second-order valence-electron chi connectivity index (χ2n) is 6.46. The van der Waals surface area contributed by atoms with Gasteiger partial charge >= 0.3 is 12.1 Å². The molecule has 0 saturated carbocycles. The molecule has 0 aliphatic rings. The first-order chi connectivity index (χ1) is 12.2. The van der Waals surface area contributed by atoms with Gasteiger partial charge in [-0.05, 0) is 33.8 Å². The zero-order chi connectivity index (χ0) is 19.7. The van der Waals surface area contributed by atoms with Gasteiger partial charge in [-0.15, -0.1) is 0 Å². The molecule has 0 radical (unpaired) electrons. The van der Waals surface area contributed by atoms with E-state index >= 15 is 0 Å². The van der Waals surface area contributed by atoms with Crippen LogP contribution in [0.4, 0.5) is 4.79 Å². The summed E-state index contributed by atoms with van der Waals surface area (Å²) in [6.07, 6.45) is -0.469. The lowest BCUT2D eigenvalue weighted by Crippen LogP contribution is -2.42. The van der Waals surface area contributed by atoms with Gasteiger partial charge in [0.25, 0.3) is 0 Å². The number of hydrogen-bond acceptors (Lipinski definition) is 6. The minimum atomic E-state index is -0.528. The first-order valence-corrected chi connectivity index (χ1v) is 8.25. The highest BCUT2D eigenvalue weighted by atomic mass is 16.6. The van der Waals surface area contributed by atoms with Crippen LogP contribution in [0.5, 0.6) is 0 Å². The second-order valence-corrected chi connectivity index (χ2v) is 6.46. The molecule has 0 bridgehead atoms. The number of rotatable bonds is 6. The van der Waals surface area contributed by atoms with Crippen LogP contribution in [0.1, 0.15) is 42.6 Å². The summed E-state index contributed by atoms with van der Waals surface area (Å²) in [7, 11) is 2.95. The Morgan fingerprint density at radius 2 is 1.85 bits per heavy atom. The molecule has 1 aromatic rings. The van der Waals surface area contributed by atoms with Crippen molar-refractivity contribution in [3.63, 3.8) is 0 Å². The molecule has 0 unspecified atom stereocenters. The number of amides is 1. The summed E-state index contributed by atoms with van der Waals surface area (Å²) >= 11 is 0. The predicted octanol–water partition coefficient (Wildman–Crippen LogP) is 1.56. The smallest absolute Gasteiger partial charge is 0.407 e. The van der Waals surface area contributed by atoms with Crippen molar-refractivity contribution in [1.29, 1.82) is 0 Å². The van der Waals surface area contributed by atoms with E-state index in [-0.39, 0.29) is 0 Å². The second kappa shape index (κ2) is 9.69. The van der Waals surface area contributed by atoms with Crippen LogP contribution < -0.4 is 16.0 Å². The lowest BCUT2D eigenvalue weighted by molar-refractivity contribution is 0.0527. The molecule has 0 aromatic carbocycles. The molecule has 26 heavy (non-hydrogen) atoms. The van der Waals surface area contributed by atoms with Crippen LogP contribution in [-0.4, -0.2) is 50.9 Å². The van der Waals surface area contributed by atoms with Crippen LogP contribution in [0, 0.1) is 6.92 Å². The molecule has 1 amide bonds. The van der Waals surface area contributed by atoms with Crippen LogP contribution in [0.2, 0.25) is 0 Å². The number of guanidine groups is 1. The van der Waals surface area contributed by atoms with Gasteiger partial charge in [0.15, 0.2) is 5.96 Å². The summed E-state index contributed by atoms with van der Waals surface area (Å²) in [5.74, 6) is 1.17. The molecule has 9 heteroatoms. The Morgan fingerprint density at radius 1 is 1.19 bits per heavy atom. The third kappa shape index (κ3) is 7.45. The summed E-state index contributed by atoms with van der Waals surface area (Å²) in [5.41, 5.74) is -0.131. The molecule has 0 saturated heterocycles. The maximum Gasteiger partial charge on any atom is 0.407 e. The third-order valence-electron chi connectivity index (χ3n) is 3.11. The van der Waals surface area contributed by atoms with E-state index in [2.05, 4.69) is 20.9 Å². The third-order valence-corrected chi connectivity index (χ3v) is 3.11. The average molecular weight is 368 g/mol. The van der Waals surface area contributed by atoms with Crippen LogP contribution in [0.15, 0.2) is 15.5 Å². The molecule has 3 N–H and O–H groups in total. The first-order valence-electron chi connectivity index (χ1n) is 8.25. The van der Waals surface area contributed by atoms with E-state index in [0.717, 1.165) is 0 Å². The summed E-state index contributed by atoms with van der Waals surface area (Å²) in [5, 5.41) is 8.75.